The van der Waals surface area contributed by atoms with E-state index in [1.54, 1.807) is 13.8 Å². The lowest BCUT2D eigenvalue weighted by Gasteiger charge is -2.20. The first kappa shape index (κ1) is 21.2. The number of rotatable bonds is 7. The zero-order chi connectivity index (χ0) is 19.9. The van der Waals surface area contributed by atoms with Crippen LogP contribution < -0.4 is 10.6 Å². The lowest BCUT2D eigenvalue weighted by atomic mass is 10.0. The number of amides is 1. The van der Waals surface area contributed by atoms with Gasteiger partial charge in [-0.05, 0) is 30.2 Å². The Hall–Kier alpha value is -2.84. The van der Waals surface area contributed by atoms with Crippen molar-refractivity contribution < 1.29 is 32.3 Å². The molecule has 0 bridgehead atoms. The maximum atomic E-state index is 12.3. The minimum atomic E-state index is -4.96. The third kappa shape index (κ3) is 6.23. The van der Waals surface area contributed by atoms with Gasteiger partial charge in [0.2, 0.25) is 5.91 Å². The maximum Gasteiger partial charge on any atom is 0.454 e. The molecule has 1 amide bonds. The van der Waals surface area contributed by atoms with Crippen LogP contribution in [0.2, 0.25) is 0 Å². The van der Waals surface area contributed by atoms with E-state index in [2.05, 4.69) is 15.4 Å². The number of benzene rings is 1. The lowest BCUT2D eigenvalue weighted by molar-refractivity contribution is -0.165. The van der Waals surface area contributed by atoms with Gasteiger partial charge in [-0.2, -0.15) is 13.2 Å². The number of hydrogen-bond donors (Lipinski definition) is 2. The van der Waals surface area contributed by atoms with Crippen molar-refractivity contribution in [2.45, 2.75) is 26.1 Å². The van der Waals surface area contributed by atoms with Gasteiger partial charge in [0.1, 0.15) is 6.04 Å². The Morgan fingerprint density at radius 1 is 1.12 bits per heavy atom. The van der Waals surface area contributed by atoms with Crippen molar-refractivity contribution in [3.63, 3.8) is 0 Å². The molecule has 2 N–H and O–H groups in total. The number of ketones is 1. The fraction of sp³-hybridized carbons (Fsp3) is 0.353. The monoisotopic (exact) mass is 372 g/mol. The fourth-order valence-corrected chi connectivity index (χ4v) is 1.92. The number of alkyl halides is 3. The molecule has 1 unspecified atom stereocenters. The topological polar surface area (TPSA) is 84.5 Å². The van der Waals surface area contributed by atoms with Crippen LogP contribution in [0.15, 0.2) is 36.5 Å². The number of hydrogen-bond acceptors (Lipinski definition) is 5. The molecule has 0 fully saturated rings. The number of carbonyl (C=O) groups excluding carboxylic acids is 3. The largest absolute Gasteiger partial charge is 0.465 e. The van der Waals surface area contributed by atoms with Gasteiger partial charge in [0, 0.05) is 18.0 Å². The Bertz CT molecular complexity index is 682. The van der Waals surface area contributed by atoms with E-state index >= 15 is 0 Å². The molecule has 0 aliphatic heterocycles. The van der Waals surface area contributed by atoms with E-state index in [-0.39, 0.29) is 5.92 Å². The zero-order valence-electron chi connectivity index (χ0n) is 14.4. The summed E-state index contributed by atoms with van der Waals surface area (Å²) in [5.74, 6) is -3.32. The minimum Gasteiger partial charge on any atom is -0.465 e. The number of anilines is 1. The van der Waals surface area contributed by atoms with Gasteiger partial charge in [-0.3, -0.25) is 9.59 Å². The highest BCUT2D eigenvalue weighted by Crippen LogP contribution is 2.16. The number of carbonyl (C=O) groups is 3. The predicted octanol–water partition coefficient (Wildman–Crippen LogP) is 2.67. The quantitative estimate of drug-likeness (QED) is 0.568. The third-order valence-corrected chi connectivity index (χ3v) is 3.31. The Morgan fingerprint density at radius 2 is 1.69 bits per heavy atom. The van der Waals surface area contributed by atoms with Crippen LogP contribution in [0, 0.1) is 5.92 Å². The normalized spacial score (nSPS) is 12.7. The van der Waals surface area contributed by atoms with E-state index in [1.165, 1.54) is 31.4 Å². The van der Waals surface area contributed by atoms with Gasteiger partial charge >= 0.3 is 12.1 Å². The van der Waals surface area contributed by atoms with E-state index in [9.17, 15) is 27.6 Å². The number of esters is 1. The third-order valence-electron chi connectivity index (χ3n) is 3.31. The summed E-state index contributed by atoms with van der Waals surface area (Å²) in [5.41, 5.74) is 0.697. The predicted molar refractivity (Wildman–Crippen MR) is 88.4 cm³/mol. The molecule has 0 saturated carbocycles. The van der Waals surface area contributed by atoms with Crippen LogP contribution >= 0.6 is 0 Å². The Labute approximate surface area is 148 Å². The van der Waals surface area contributed by atoms with Crippen molar-refractivity contribution in [3.8, 4) is 0 Å². The average Bonchev–Trinajstić information content (AvgIpc) is 2.57. The van der Waals surface area contributed by atoms with E-state index in [1.807, 2.05) is 0 Å². The second-order valence-electron chi connectivity index (χ2n) is 5.64. The van der Waals surface area contributed by atoms with E-state index < -0.39 is 29.9 Å². The van der Waals surface area contributed by atoms with Gasteiger partial charge in [0.15, 0.2) is 0 Å². The van der Waals surface area contributed by atoms with Crippen molar-refractivity contribution in [2.75, 3.05) is 12.4 Å². The van der Waals surface area contributed by atoms with Gasteiger partial charge in [0.05, 0.1) is 12.7 Å². The summed E-state index contributed by atoms with van der Waals surface area (Å²) in [4.78, 5) is 34.4. The van der Waals surface area contributed by atoms with Crippen molar-refractivity contribution >= 4 is 23.3 Å². The summed E-state index contributed by atoms with van der Waals surface area (Å²) in [5, 5.41) is 5.07. The first-order chi connectivity index (χ1) is 12.1. The van der Waals surface area contributed by atoms with Crippen LogP contribution in [0.5, 0.6) is 0 Å². The molecule has 0 aliphatic rings. The SMILES string of the molecule is COC(=O)c1ccc(NC(=O)C(N/C=C/C(=O)C(F)(F)F)C(C)C)cc1. The van der Waals surface area contributed by atoms with Crippen molar-refractivity contribution in [3.05, 3.63) is 42.1 Å². The molecular weight excluding hydrogens is 353 g/mol. The Morgan fingerprint density at radius 3 is 2.15 bits per heavy atom. The molecular formula is C17H19F3N2O4. The highest BCUT2D eigenvalue weighted by atomic mass is 19.4. The summed E-state index contributed by atoms with van der Waals surface area (Å²) in [6, 6.07) is 5.03. The lowest BCUT2D eigenvalue weighted by Crippen LogP contribution is -2.42. The van der Waals surface area contributed by atoms with Crippen LogP contribution in [0.3, 0.4) is 0 Å². The van der Waals surface area contributed by atoms with Crippen molar-refractivity contribution in [1.82, 2.24) is 5.32 Å². The summed E-state index contributed by atoms with van der Waals surface area (Å²) >= 11 is 0. The highest BCUT2D eigenvalue weighted by Gasteiger charge is 2.36. The molecule has 142 valence electrons. The highest BCUT2D eigenvalue weighted by molar-refractivity contribution is 5.96. The molecule has 1 aromatic carbocycles. The van der Waals surface area contributed by atoms with Gasteiger partial charge in [-0.1, -0.05) is 13.8 Å². The van der Waals surface area contributed by atoms with Crippen LogP contribution in [0.25, 0.3) is 0 Å². The molecule has 6 nitrogen and oxygen atoms in total. The zero-order valence-corrected chi connectivity index (χ0v) is 14.4. The molecule has 1 rings (SSSR count). The van der Waals surface area contributed by atoms with E-state index in [4.69, 9.17) is 0 Å². The molecule has 0 saturated heterocycles. The number of ether oxygens (including phenoxy) is 1. The molecule has 0 heterocycles. The Balaban J connectivity index is 2.75. The van der Waals surface area contributed by atoms with Crippen LogP contribution in [-0.2, 0) is 14.3 Å². The molecule has 26 heavy (non-hydrogen) atoms. The van der Waals surface area contributed by atoms with Crippen LogP contribution in [0.1, 0.15) is 24.2 Å². The molecule has 0 radical (unpaired) electrons. The first-order valence-corrected chi connectivity index (χ1v) is 7.59. The standard InChI is InChI=1S/C17H19F3N2O4/c1-10(2)14(21-9-8-13(23)17(18,19)20)15(24)22-12-6-4-11(5-7-12)16(25)26-3/h4-10,14,21H,1-3H3,(H,22,24)/b9-8+. The van der Waals surface area contributed by atoms with E-state index in [0.29, 0.717) is 17.3 Å². The van der Waals surface area contributed by atoms with Gasteiger partial charge in [-0.15, -0.1) is 0 Å². The van der Waals surface area contributed by atoms with Gasteiger partial charge in [0.25, 0.3) is 5.78 Å². The summed E-state index contributed by atoms with van der Waals surface area (Å²) in [7, 11) is 1.24. The smallest absolute Gasteiger partial charge is 0.454 e. The average molecular weight is 372 g/mol. The van der Waals surface area contributed by atoms with Gasteiger partial charge in [-0.25, -0.2) is 4.79 Å². The molecule has 1 aromatic rings. The molecule has 0 aromatic heterocycles. The fourth-order valence-electron chi connectivity index (χ4n) is 1.92. The first-order valence-electron chi connectivity index (χ1n) is 7.59. The maximum absolute atomic E-state index is 12.3. The Kier molecular flexibility index (Phi) is 7.36. The summed E-state index contributed by atoms with van der Waals surface area (Å²) < 4.78 is 41.0. The second kappa shape index (κ2) is 9.02. The number of halogens is 3. The van der Waals surface area contributed by atoms with Crippen LogP contribution in [0.4, 0.5) is 18.9 Å². The molecule has 0 spiro atoms. The second-order valence-corrected chi connectivity index (χ2v) is 5.64. The van der Waals surface area contributed by atoms with Crippen molar-refractivity contribution in [1.29, 1.82) is 0 Å². The van der Waals surface area contributed by atoms with E-state index in [0.717, 1.165) is 6.20 Å². The number of allylic oxidation sites excluding steroid dienone is 1. The van der Waals surface area contributed by atoms with Crippen LogP contribution in [-0.4, -0.2) is 37.0 Å². The molecule has 0 aliphatic carbocycles. The molecule has 9 heteroatoms. The minimum absolute atomic E-state index is 0.269. The number of nitrogens with one attached hydrogen (secondary N) is 2. The number of methoxy groups -OCH3 is 1. The summed E-state index contributed by atoms with van der Waals surface area (Å²) in [6.45, 7) is 3.38. The summed E-state index contributed by atoms with van der Waals surface area (Å²) in [6.07, 6.45) is -3.83. The van der Waals surface area contributed by atoms with Gasteiger partial charge < -0.3 is 15.4 Å². The van der Waals surface area contributed by atoms with Crippen molar-refractivity contribution in [2.24, 2.45) is 5.92 Å². The molecule has 1 atom stereocenters.